The van der Waals surface area contributed by atoms with Crippen LogP contribution in [0.5, 0.6) is 5.75 Å². The molecule has 0 aliphatic rings. The van der Waals surface area contributed by atoms with E-state index in [0.717, 1.165) is 32.7 Å². The van der Waals surface area contributed by atoms with Crippen LogP contribution in [0.2, 0.25) is 0 Å². The van der Waals surface area contributed by atoms with Crippen molar-refractivity contribution in [1.29, 1.82) is 0 Å². The van der Waals surface area contributed by atoms with E-state index in [4.69, 9.17) is 4.74 Å². The van der Waals surface area contributed by atoms with Gasteiger partial charge in [0.05, 0.1) is 19.3 Å². The largest absolute Gasteiger partial charge is 0.496 e. The van der Waals surface area contributed by atoms with Crippen LogP contribution in [-0.2, 0) is 6.54 Å². The van der Waals surface area contributed by atoms with Crippen LogP contribution in [0, 0.1) is 13.8 Å². The fourth-order valence-corrected chi connectivity index (χ4v) is 2.43. The van der Waals surface area contributed by atoms with Crippen LogP contribution in [0.4, 0.5) is 5.69 Å². The van der Waals surface area contributed by atoms with Gasteiger partial charge in [0.25, 0.3) is 0 Å². The van der Waals surface area contributed by atoms with E-state index in [1.165, 1.54) is 0 Å². The number of hydrogen-bond donors (Lipinski definition) is 1. The summed E-state index contributed by atoms with van der Waals surface area (Å²) in [6.45, 7) is 4.72. The molecule has 0 fully saturated rings. The first-order chi connectivity index (χ1) is 9.11. The number of rotatable bonds is 4. The Balaban J connectivity index is 2.16. The van der Waals surface area contributed by atoms with Crippen LogP contribution in [0.1, 0.15) is 16.8 Å². The molecule has 0 bridgehead atoms. The number of aromatic nitrogens is 1. The molecule has 1 aromatic carbocycles. The Kier molecular flexibility index (Phi) is 4.43. The van der Waals surface area contributed by atoms with Gasteiger partial charge in [-0.05, 0) is 32.0 Å². The number of hydrogen-bond acceptors (Lipinski definition) is 3. The molecule has 100 valence electrons. The third-order valence-corrected chi connectivity index (χ3v) is 3.53. The highest BCUT2D eigenvalue weighted by molar-refractivity contribution is 9.10. The van der Waals surface area contributed by atoms with Crippen molar-refractivity contribution in [1.82, 2.24) is 4.98 Å². The summed E-state index contributed by atoms with van der Waals surface area (Å²) >= 11 is 3.46. The summed E-state index contributed by atoms with van der Waals surface area (Å²) in [5.74, 6) is 0.918. The monoisotopic (exact) mass is 320 g/mol. The van der Waals surface area contributed by atoms with E-state index in [0.29, 0.717) is 6.54 Å². The molecule has 0 aliphatic heterocycles. The minimum absolute atomic E-state index is 0.679. The zero-order valence-electron chi connectivity index (χ0n) is 11.3. The summed E-state index contributed by atoms with van der Waals surface area (Å²) in [7, 11) is 1.70. The number of nitrogens with one attached hydrogen (secondary N) is 1. The van der Waals surface area contributed by atoms with E-state index in [9.17, 15) is 0 Å². The van der Waals surface area contributed by atoms with Crippen LogP contribution in [-0.4, -0.2) is 12.1 Å². The van der Waals surface area contributed by atoms with Gasteiger partial charge in [0, 0.05) is 27.5 Å². The van der Waals surface area contributed by atoms with Gasteiger partial charge in [-0.25, -0.2) is 0 Å². The Morgan fingerprint density at radius 1 is 1.32 bits per heavy atom. The van der Waals surface area contributed by atoms with Gasteiger partial charge in [-0.3, -0.25) is 4.98 Å². The van der Waals surface area contributed by atoms with Gasteiger partial charge in [-0.15, -0.1) is 0 Å². The van der Waals surface area contributed by atoms with Gasteiger partial charge in [-0.1, -0.05) is 22.0 Å². The molecule has 3 nitrogen and oxygen atoms in total. The maximum Gasteiger partial charge on any atom is 0.128 e. The van der Waals surface area contributed by atoms with Gasteiger partial charge in [0.2, 0.25) is 0 Å². The zero-order chi connectivity index (χ0) is 13.8. The average molecular weight is 321 g/mol. The first kappa shape index (κ1) is 13.9. The average Bonchev–Trinajstić information content (AvgIpc) is 2.38. The van der Waals surface area contributed by atoms with E-state index < -0.39 is 0 Å². The summed E-state index contributed by atoms with van der Waals surface area (Å²) in [5.41, 5.74) is 4.22. The maximum absolute atomic E-state index is 5.41. The molecule has 0 saturated carbocycles. The van der Waals surface area contributed by atoms with Crippen molar-refractivity contribution >= 4 is 21.6 Å². The smallest absolute Gasteiger partial charge is 0.128 e. The minimum atomic E-state index is 0.679. The van der Waals surface area contributed by atoms with Crippen molar-refractivity contribution in [3.8, 4) is 5.75 Å². The van der Waals surface area contributed by atoms with E-state index >= 15 is 0 Å². The predicted molar refractivity (Wildman–Crippen MR) is 81.7 cm³/mol. The molecular formula is C15H17BrN2O. The molecule has 2 rings (SSSR count). The molecule has 1 aromatic heterocycles. The summed E-state index contributed by atoms with van der Waals surface area (Å²) in [6.07, 6.45) is 1.85. The van der Waals surface area contributed by atoms with Crippen LogP contribution in [0.3, 0.4) is 0 Å². The fraction of sp³-hybridized carbons (Fsp3) is 0.267. The summed E-state index contributed by atoms with van der Waals surface area (Å²) < 4.78 is 6.47. The van der Waals surface area contributed by atoms with Crippen molar-refractivity contribution in [2.75, 3.05) is 12.4 Å². The Morgan fingerprint density at radius 3 is 2.79 bits per heavy atom. The number of halogens is 1. The molecule has 0 spiro atoms. The van der Waals surface area contributed by atoms with E-state index in [-0.39, 0.29) is 0 Å². The van der Waals surface area contributed by atoms with Gasteiger partial charge in [0.15, 0.2) is 0 Å². The Labute approximate surface area is 122 Å². The van der Waals surface area contributed by atoms with Crippen molar-refractivity contribution in [3.05, 3.63) is 51.8 Å². The highest BCUT2D eigenvalue weighted by Crippen LogP contribution is 2.24. The number of aryl methyl sites for hydroxylation is 1. The van der Waals surface area contributed by atoms with Crippen molar-refractivity contribution in [2.45, 2.75) is 20.4 Å². The van der Waals surface area contributed by atoms with Crippen molar-refractivity contribution < 1.29 is 4.74 Å². The molecule has 0 atom stereocenters. The third kappa shape index (κ3) is 3.26. The standard InChI is InChI=1S/C15H17BrN2O/c1-10-8-18-14(11(2)15(10)19-3)9-17-13-6-4-5-12(16)7-13/h4-8,17H,9H2,1-3H3. The molecule has 4 heteroatoms. The normalized spacial score (nSPS) is 10.3. The van der Waals surface area contributed by atoms with Crippen LogP contribution < -0.4 is 10.1 Å². The highest BCUT2D eigenvalue weighted by atomic mass is 79.9. The van der Waals surface area contributed by atoms with Crippen LogP contribution in [0.15, 0.2) is 34.9 Å². The number of benzene rings is 1. The molecule has 1 heterocycles. The number of nitrogens with zero attached hydrogens (tertiary/aromatic N) is 1. The SMILES string of the molecule is COc1c(C)cnc(CNc2cccc(Br)c2)c1C. The lowest BCUT2D eigenvalue weighted by atomic mass is 10.1. The number of pyridine rings is 1. The molecule has 0 radical (unpaired) electrons. The van der Waals surface area contributed by atoms with Crippen LogP contribution >= 0.6 is 15.9 Å². The van der Waals surface area contributed by atoms with Crippen LogP contribution in [0.25, 0.3) is 0 Å². The van der Waals surface area contributed by atoms with Crippen molar-refractivity contribution in [3.63, 3.8) is 0 Å². The lowest BCUT2D eigenvalue weighted by Crippen LogP contribution is -2.06. The zero-order valence-corrected chi connectivity index (χ0v) is 12.9. The lowest BCUT2D eigenvalue weighted by molar-refractivity contribution is 0.407. The Hall–Kier alpha value is -1.55. The second-order valence-corrected chi connectivity index (χ2v) is 5.33. The molecule has 19 heavy (non-hydrogen) atoms. The molecule has 2 aromatic rings. The minimum Gasteiger partial charge on any atom is -0.496 e. The first-order valence-corrected chi connectivity index (χ1v) is 6.89. The highest BCUT2D eigenvalue weighted by Gasteiger charge is 2.09. The molecule has 0 unspecified atom stereocenters. The van der Waals surface area contributed by atoms with E-state index in [1.807, 2.05) is 44.3 Å². The molecule has 0 aliphatic carbocycles. The first-order valence-electron chi connectivity index (χ1n) is 6.10. The Bertz CT molecular complexity index is 584. The molecular weight excluding hydrogens is 304 g/mol. The third-order valence-electron chi connectivity index (χ3n) is 3.03. The van der Waals surface area contributed by atoms with Crippen molar-refractivity contribution in [2.24, 2.45) is 0 Å². The predicted octanol–water partition coefficient (Wildman–Crippen LogP) is 4.08. The number of ether oxygens (including phenoxy) is 1. The van der Waals surface area contributed by atoms with E-state index in [2.05, 4.69) is 26.2 Å². The Morgan fingerprint density at radius 2 is 2.11 bits per heavy atom. The quantitative estimate of drug-likeness (QED) is 0.921. The fourth-order valence-electron chi connectivity index (χ4n) is 2.03. The van der Waals surface area contributed by atoms with Gasteiger partial charge >= 0.3 is 0 Å². The molecule has 1 N–H and O–H groups in total. The lowest BCUT2D eigenvalue weighted by Gasteiger charge is -2.13. The second kappa shape index (κ2) is 6.06. The van der Waals surface area contributed by atoms with E-state index in [1.54, 1.807) is 7.11 Å². The second-order valence-electron chi connectivity index (χ2n) is 4.41. The summed E-state index contributed by atoms with van der Waals surface area (Å²) in [4.78, 5) is 4.47. The van der Waals surface area contributed by atoms with Gasteiger partial charge in [0.1, 0.15) is 5.75 Å². The summed E-state index contributed by atoms with van der Waals surface area (Å²) in [6, 6.07) is 8.08. The number of methoxy groups -OCH3 is 1. The topological polar surface area (TPSA) is 34.1 Å². The van der Waals surface area contributed by atoms with Gasteiger partial charge in [-0.2, -0.15) is 0 Å². The maximum atomic E-state index is 5.41. The summed E-state index contributed by atoms with van der Waals surface area (Å²) in [5, 5.41) is 3.37. The molecule has 0 saturated heterocycles. The van der Waals surface area contributed by atoms with Gasteiger partial charge < -0.3 is 10.1 Å². The molecule has 0 amide bonds. The number of anilines is 1.